The Kier molecular flexibility index (Phi) is 3.61. The molecule has 1 aromatic heterocycles. The minimum atomic E-state index is -3.47. The number of methoxy groups -OCH3 is 1. The maximum Gasteiger partial charge on any atom is 0.346 e. The number of esters is 1. The Bertz CT molecular complexity index is 478. The lowest BCUT2D eigenvalue weighted by atomic mass is 10.1. The van der Waals surface area contributed by atoms with Crippen LogP contribution in [0.25, 0.3) is 0 Å². The minimum Gasteiger partial charge on any atom is -0.465 e. The van der Waals surface area contributed by atoms with Crippen molar-refractivity contribution in [2.75, 3.05) is 7.11 Å². The predicted octanol–water partition coefficient (Wildman–Crippen LogP) is 1.85. The highest BCUT2D eigenvalue weighted by molar-refractivity contribution is 5.94. The van der Waals surface area contributed by atoms with Crippen molar-refractivity contribution in [3.8, 4) is 0 Å². The SMILES string of the molecule is COC(=O)c1cnc(F)c(C(F)F)c1[N+](=O)[O-]. The van der Waals surface area contributed by atoms with Crippen LogP contribution in [0.3, 0.4) is 0 Å². The molecule has 9 heteroatoms. The number of hydrogen-bond donors (Lipinski definition) is 0. The Balaban J connectivity index is 3.59. The zero-order valence-electron chi connectivity index (χ0n) is 8.32. The van der Waals surface area contributed by atoms with Crippen molar-refractivity contribution in [1.82, 2.24) is 4.98 Å². The summed E-state index contributed by atoms with van der Waals surface area (Å²) >= 11 is 0. The summed E-state index contributed by atoms with van der Waals surface area (Å²) in [5.41, 5.74) is -3.69. The molecule has 0 spiro atoms. The number of alkyl halides is 2. The van der Waals surface area contributed by atoms with Crippen LogP contribution >= 0.6 is 0 Å². The van der Waals surface area contributed by atoms with E-state index >= 15 is 0 Å². The van der Waals surface area contributed by atoms with Crippen molar-refractivity contribution in [1.29, 1.82) is 0 Å². The first-order valence-electron chi connectivity index (χ1n) is 4.09. The van der Waals surface area contributed by atoms with E-state index in [1.165, 1.54) is 0 Å². The van der Waals surface area contributed by atoms with Gasteiger partial charge in [-0.2, -0.15) is 4.39 Å². The summed E-state index contributed by atoms with van der Waals surface area (Å²) in [4.78, 5) is 23.3. The largest absolute Gasteiger partial charge is 0.465 e. The molecule has 1 rings (SSSR count). The lowest BCUT2D eigenvalue weighted by Crippen LogP contribution is -2.11. The maximum atomic E-state index is 13.0. The first-order chi connectivity index (χ1) is 7.90. The second-order valence-electron chi connectivity index (χ2n) is 2.77. The van der Waals surface area contributed by atoms with Gasteiger partial charge in [-0.1, -0.05) is 0 Å². The van der Waals surface area contributed by atoms with Crippen molar-refractivity contribution in [3.63, 3.8) is 0 Å². The Morgan fingerprint density at radius 2 is 2.18 bits per heavy atom. The van der Waals surface area contributed by atoms with Crippen molar-refractivity contribution < 1.29 is 27.6 Å². The van der Waals surface area contributed by atoms with Crippen LogP contribution in [0.2, 0.25) is 0 Å². The number of carbonyl (C=O) groups is 1. The molecule has 0 aliphatic carbocycles. The molecule has 0 unspecified atom stereocenters. The number of rotatable bonds is 3. The van der Waals surface area contributed by atoms with Crippen molar-refractivity contribution in [2.45, 2.75) is 6.43 Å². The standard InChI is InChI=1S/C8H5F3N2O4/c1-17-8(14)3-2-12-7(11)4(6(9)10)5(3)13(15)16/h2,6H,1H3. The van der Waals surface area contributed by atoms with Crippen molar-refractivity contribution in [3.05, 3.63) is 33.4 Å². The van der Waals surface area contributed by atoms with Gasteiger partial charge in [0.25, 0.3) is 12.1 Å². The van der Waals surface area contributed by atoms with Crippen molar-refractivity contribution >= 4 is 11.7 Å². The summed E-state index contributed by atoms with van der Waals surface area (Å²) in [6.07, 6.45) is -2.99. The number of nitro groups is 1. The summed E-state index contributed by atoms with van der Waals surface area (Å²) in [7, 11) is 0.900. The molecule has 92 valence electrons. The van der Waals surface area contributed by atoms with E-state index in [-0.39, 0.29) is 0 Å². The summed E-state index contributed by atoms with van der Waals surface area (Å²) < 4.78 is 42.0. The fourth-order valence-electron chi connectivity index (χ4n) is 1.14. The molecule has 0 N–H and O–H groups in total. The average Bonchev–Trinajstić information content (AvgIpc) is 2.26. The van der Waals surface area contributed by atoms with E-state index in [9.17, 15) is 28.1 Å². The number of hydrogen-bond acceptors (Lipinski definition) is 5. The molecule has 0 saturated heterocycles. The Labute approximate surface area is 92.2 Å². The quantitative estimate of drug-likeness (QED) is 0.354. The van der Waals surface area contributed by atoms with E-state index in [2.05, 4.69) is 9.72 Å². The summed E-state index contributed by atoms with van der Waals surface area (Å²) in [5, 5.41) is 10.6. The number of nitrogens with zero attached hydrogens (tertiary/aromatic N) is 2. The van der Waals surface area contributed by atoms with Gasteiger partial charge in [0.2, 0.25) is 5.95 Å². The molecule has 0 aliphatic rings. The normalized spacial score (nSPS) is 10.4. The molecule has 1 aromatic rings. The highest BCUT2D eigenvalue weighted by Gasteiger charge is 2.33. The van der Waals surface area contributed by atoms with E-state index in [1.54, 1.807) is 0 Å². The fraction of sp³-hybridized carbons (Fsp3) is 0.250. The van der Waals surface area contributed by atoms with Gasteiger partial charge in [-0.05, 0) is 0 Å². The van der Waals surface area contributed by atoms with E-state index < -0.39 is 40.1 Å². The fourth-order valence-corrected chi connectivity index (χ4v) is 1.14. The maximum absolute atomic E-state index is 13.0. The van der Waals surface area contributed by atoms with Crippen LogP contribution in [0.4, 0.5) is 18.9 Å². The average molecular weight is 250 g/mol. The smallest absolute Gasteiger partial charge is 0.346 e. The van der Waals surface area contributed by atoms with E-state index in [0.717, 1.165) is 7.11 Å². The number of aromatic nitrogens is 1. The van der Waals surface area contributed by atoms with Crippen LogP contribution in [0.15, 0.2) is 6.20 Å². The number of pyridine rings is 1. The molecule has 6 nitrogen and oxygen atoms in total. The molecule has 0 atom stereocenters. The zero-order chi connectivity index (χ0) is 13.2. The monoisotopic (exact) mass is 250 g/mol. The third kappa shape index (κ3) is 2.32. The van der Waals surface area contributed by atoms with Gasteiger partial charge in [0.15, 0.2) is 11.1 Å². The van der Waals surface area contributed by atoms with E-state index in [0.29, 0.717) is 6.20 Å². The van der Waals surface area contributed by atoms with Gasteiger partial charge in [-0.25, -0.2) is 18.6 Å². The molecule has 0 amide bonds. The predicted molar refractivity (Wildman–Crippen MR) is 47.1 cm³/mol. The number of halogens is 3. The van der Waals surface area contributed by atoms with Gasteiger partial charge in [0.05, 0.1) is 18.2 Å². The van der Waals surface area contributed by atoms with Gasteiger partial charge >= 0.3 is 5.97 Å². The van der Waals surface area contributed by atoms with E-state index in [1.807, 2.05) is 0 Å². The Morgan fingerprint density at radius 3 is 2.59 bits per heavy atom. The highest BCUT2D eigenvalue weighted by atomic mass is 19.3. The number of carbonyl (C=O) groups excluding carboxylic acids is 1. The third-order valence-electron chi connectivity index (χ3n) is 1.85. The minimum absolute atomic E-state index is 0.477. The number of ether oxygens (including phenoxy) is 1. The third-order valence-corrected chi connectivity index (χ3v) is 1.85. The molecule has 0 bridgehead atoms. The first kappa shape index (κ1) is 12.9. The molecule has 0 saturated carbocycles. The Hall–Kier alpha value is -2.19. The van der Waals surface area contributed by atoms with Gasteiger partial charge in [0.1, 0.15) is 0 Å². The lowest BCUT2D eigenvalue weighted by Gasteiger charge is -2.06. The molecule has 1 heterocycles. The topological polar surface area (TPSA) is 82.3 Å². The van der Waals surface area contributed by atoms with Gasteiger partial charge < -0.3 is 4.74 Å². The summed E-state index contributed by atoms with van der Waals surface area (Å²) in [5.74, 6) is -2.94. The van der Waals surface area contributed by atoms with Crippen molar-refractivity contribution in [2.24, 2.45) is 0 Å². The Morgan fingerprint density at radius 1 is 1.59 bits per heavy atom. The van der Waals surface area contributed by atoms with Crippen LogP contribution in [0, 0.1) is 16.1 Å². The molecule has 17 heavy (non-hydrogen) atoms. The second kappa shape index (κ2) is 4.76. The summed E-state index contributed by atoms with van der Waals surface area (Å²) in [6, 6.07) is 0. The molecule has 0 radical (unpaired) electrons. The van der Waals surface area contributed by atoms with Gasteiger partial charge in [-0.15, -0.1) is 0 Å². The van der Waals surface area contributed by atoms with Gasteiger partial charge in [-0.3, -0.25) is 10.1 Å². The van der Waals surface area contributed by atoms with E-state index in [4.69, 9.17) is 0 Å². The van der Waals surface area contributed by atoms with Crippen LogP contribution in [0.1, 0.15) is 22.3 Å². The molecule has 0 aromatic carbocycles. The second-order valence-corrected chi connectivity index (χ2v) is 2.77. The summed E-state index contributed by atoms with van der Waals surface area (Å²) in [6.45, 7) is 0. The molecular formula is C8H5F3N2O4. The highest BCUT2D eigenvalue weighted by Crippen LogP contribution is 2.33. The lowest BCUT2D eigenvalue weighted by molar-refractivity contribution is -0.386. The van der Waals surface area contributed by atoms with Crippen LogP contribution < -0.4 is 0 Å². The van der Waals surface area contributed by atoms with Crippen LogP contribution in [-0.2, 0) is 4.74 Å². The molecule has 0 fully saturated rings. The molecule has 0 aliphatic heterocycles. The first-order valence-corrected chi connectivity index (χ1v) is 4.09. The zero-order valence-corrected chi connectivity index (χ0v) is 8.32. The van der Waals surface area contributed by atoms with Crippen LogP contribution in [-0.4, -0.2) is 23.0 Å². The molecular weight excluding hydrogens is 245 g/mol. The van der Waals surface area contributed by atoms with Crippen LogP contribution in [0.5, 0.6) is 0 Å². The van der Waals surface area contributed by atoms with Gasteiger partial charge in [0, 0.05) is 0 Å².